The van der Waals surface area contributed by atoms with Gasteiger partial charge in [-0.25, -0.2) is 37.5 Å². The summed E-state index contributed by atoms with van der Waals surface area (Å²) in [5.41, 5.74) is 3.76. The molecule has 0 unspecified atom stereocenters. The molecule has 0 spiro atoms. The van der Waals surface area contributed by atoms with Gasteiger partial charge < -0.3 is 34.9 Å². The minimum absolute atomic E-state index is 0.0263. The number of aromatic nitrogens is 4. The summed E-state index contributed by atoms with van der Waals surface area (Å²) in [4.78, 5) is 113. The molecule has 2 aliphatic heterocycles. The minimum Gasteiger partial charge on any atom is -0.446 e. The molecule has 9 rings (SSSR count). The highest BCUT2D eigenvalue weighted by atomic mass is 32.2. The maximum atomic E-state index is 15.4. The van der Waals surface area contributed by atoms with Gasteiger partial charge in [0.25, 0.3) is 29.5 Å². The van der Waals surface area contributed by atoms with Crippen molar-refractivity contribution in [1.82, 2.24) is 44.0 Å². The molecule has 5 amide bonds. The Bertz CT molecular complexity index is 3860. The summed E-state index contributed by atoms with van der Waals surface area (Å²) in [5.74, 6) is 4.34. The van der Waals surface area contributed by atoms with Crippen molar-refractivity contribution >= 4 is 122 Å². The van der Waals surface area contributed by atoms with E-state index in [0.717, 1.165) is 106 Å². The highest BCUT2D eigenvalue weighted by Gasteiger charge is 2.39. The van der Waals surface area contributed by atoms with Gasteiger partial charge in [0, 0.05) is 156 Å². The fourth-order valence-corrected chi connectivity index (χ4v) is 14.1. The van der Waals surface area contributed by atoms with E-state index in [9.17, 15) is 37.5 Å². The van der Waals surface area contributed by atoms with E-state index in [2.05, 4.69) is 63.4 Å². The topological polar surface area (TPSA) is 241 Å². The van der Waals surface area contributed by atoms with Crippen LogP contribution in [0.3, 0.4) is 0 Å². The van der Waals surface area contributed by atoms with E-state index in [-0.39, 0.29) is 93.6 Å². The molecule has 0 saturated heterocycles. The molecule has 22 nitrogen and oxygen atoms in total. The second kappa shape index (κ2) is 37.4. The number of carbonyl (C=O) groups is 7. The number of imide groups is 2. The maximum absolute atomic E-state index is 15.4. The number of carbonyl (C=O) groups excluding carboxylic acids is 7. The van der Waals surface area contributed by atoms with Gasteiger partial charge in [-0.2, -0.15) is 47.0 Å². The van der Waals surface area contributed by atoms with Crippen LogP contribution in [-0.2, 0) is 32.0 Å². The van der Waals surface area contributed by atoms with Crippen LogP contribution in [0.15, 0.2) is 97.8 Å². The van der Waals surface area contributed by atoms with E-state index in [1.165, 1.54) is 33.9 Å². The molecule has 97 heavy (non-hydrogen) atoms. The van der Waals surface area contributed by atoms with Crippen LogP contribution in [0.5, 0.6) is 0 Å². The van der Waals surface area contributed by atoms with Crippen molar-refractivity contribution < 1.29 is 61.3 Å². The first-order valence-electron chi connectivity index (χ1n) is 32.6. The number of halogens is 2. The Labute approximate surface area is 580 Å². The van der Waals surface area contributed by atoms with E-state index in [0.29, 0.717) is 57.1 Å². The second-order valence-corrected chi connectivity index (χ2v) is 27.9. The number of nitrogens with one attached hydrogen (secondary N) is 3. The number of amides is 5. The molecular formula is C69H83F2N11O11S4. The van der Waals surface area contributed by atoms with Crippen molar-refractivity contribution in [3.8, 4) is 11.1 Å². The second-order valence-electron chi connectivity index (χ2n) is 22.3. The summed E-state index contributed by atoms with van der Waals surface area (Å²) < 4.78 is 53.5. The van der Waals surface area contributed by atoms with E-state index >= 15 is 4.79 Å². The molecule has 5 aromatic carbocycles. The average Bonchev–Trinajstić information content (AvgIpc) is 0.956. The Morgan fingerprint density at radius 1 is 0.536 bits per heavy atom. The van der Waals surface area contributed by atoms with Gasteiger partial charge >= 0.3 is 12.2 Å². The summed E-state index contributed by atoms with van der Waals surface area (Å²) in [7, 11) is 0. The van der Waals surface area contributed by atoms with E-state index in [1.54, 1.807) is 60.9 Å². The number of imidazole rings is 2. The molecule has 28 heteroatoms. The summed E-state index contributed by atoms with van der Waals surface area (Å²) in [6, 6.07) is 18.2. The number of thioether (sulfide) groups is 4. The normalized spacial score (nSPS) is 12.9. The van der Waals surface area contributed by atoms with Crippen LogP contribution in [0.25, 0.3) is 32.7 Å². The number of hydrogen-bond acceptors (Lipinski definition) is 21. The van der Waals surface area contributed by atoms with Crippen LogP contribution in [-0.4, -0.2) is 232 Å². The van der Waals surface area contributed by atoms with Gasteiger partial charge in [-0.15, -0.1) is 0 Å². The molecular weight excluding hydrogens is 1330 g/mol. The number of alkyl halides is 1. The molecule has 3 N–H and O–H groups in total. The van der Waals surface area contributed by atoms with Crippen LogP contribution < -0.4 is 16.0 Å². The van der Waals surface area contributed by atoms with Gasteiger partial charge in [0.1, 0.15) is 38.4 Å². The smallest absolute Gasteiger partial charge is 0.419 e. The van der Waals surface area contributed by atoms with Gasteiger partial charge in [-0.05, 0) is 77.1 Å². The lowest BCUT2D eigenvalue weighted by molar-refractivity contribution is 0.0590. The standard InChI is InChI=1S/C69H83F2N11O11S4/c1-5-94-36-26-77(27-37-95-6-2)41-49-43-79(45-75-49)68(88)92-34-32-90-30-22-72-58-19-18-55-60-52(58)17-16-51(61(60)67(87)82(65(55)85)25-21-74-63(83)47-12-14-48(71)15-13-47)56-40-57-59-53(10-9-11-54(59)64(84)81(24-20-70)66(57)86)62(56)73-23-31-91-33-35-93-69(89)80-44-50(76-46-80)42-78(28-38-96-7-3)29-39-97-8-4/h9-19,40,43-46,72-73H,5-8,20-39,41-42H2,1-4H3,(H,74,83). The lowest BCUT2D eigenvalue weighted by atomic mass is 9.83. The fourth-order valence-electron chi connectivity index (χ4n) is 11.4. The molecule has 0 saturated carbocycles. The SMILES string of the molecule is CCSCCN(CCSCC)Cc1cn(C(=O)OCCOCCNc2ccc3c4c(c(-c5cc6c7c(cccc7c5NCCOCCOC(=O)n5cnc(CN(CCSCC)CCSCC)c5)C(=O)N(CCF)C6=O)ccc24)C(=O)N(CCNC(=O)c2ccc(F)cc2)C3=O)cn1. The molecule has 0 radical (unpaired) electrons. The van der Waals surface area contributed by atoms with Gasteiger partial charge in [-0.1, -0.05) is 52.0 Å². The number of ether oxygens (including phenoxy) is 4. The molecule has 2 aromatic heterocycles. The van der Waals surface area contributed by atoms with Gasteiger partial charge in [-0.3, -0.25) is 43.6 Å². The van der Waals surface area contributed by atoms with Crippen molar-refractivity contribution in [3.05, 3.63) is 143 Å². The number of nitrogens with zero attached hydrogens (tertiary/aromatic N) is 8. The molecule has 0 atom stereocenters. The molecule has 4 heterocycles. The molecule has 518 valence electrons. The summed E-state index contributed by atoms with van der Waals surface area (Å²) in [6.07, 6.45) is 5.07. The van der Waals surface area contributed by atoms with E-state index < -0.39 is 60.8 Å². The first-order valence-corrected chi connectivity index (χ1v) is 37.2. The number of benzene rings is 5. The van der Waals surface area contributed by atoms with Crippen molar-refractivity contribution in [2.45, 2.75) is 40.8 Å². The zero-order valence-electron chi connectivity index (χ0n) is 55.1. The van der Waals surface area contributed by atoms with Crippen LogP contribution in [0, 0.1) is 5.82 Å². The van der Waals surface area contributed by atoms with E-state index in [1.807, 2.05) is 47.0 Å². The molecule has 0 aliphatic carbocycles. The molecule has 2 aliphatic rings. The summed E-state index contributed by atoms with van der Waals surface area (Å²) >= 11 is 7.53. The third kappa shape index (κ3) is 19.2. The van der Waals surface area contributed by atoms with E-state index in [4.69, 9.17) is 18.9 Å². The zero-order chi connectivity index (χ0) is 68.6. The molecule has 0 fully saturated rings. The number of rotatable bonds is 41. The Hall–Kier alpha value is -7.57. The van der Waals surface area contributed by atoms with Crippen molar-refractivity contribution in [1.29, 1.82) is 0 Å². The largest absolute Gasteiger partial charge is 0.446 e. The first kappa shape index (κ1) is 73.7. The maximum Gasteiger partial charge on any atom is 0.419 e. The van der Waals surface area contributed by atoms with Crippen LogP contribution in [0.2, 0.25) is 0 Å². The third-order valence-electron chi connectivity index (χ3n) is 16.1. The quantitative estimate of drug-likeness (QED) is 0.0238. The van der Waals surface area contributed by atoms with Crippen molar-refractivity contribution in [3.63, 3.8) is 0 Å². The van der Waals surface area contributed by atoms with Crippen LogP contribution >= 0.6 is 47.0 Å². The van der Waals surface area contributed by atoms with Gasteiger partial charge in [0.2, 0.25) is 0 Å². The Morgan fingerprint density at radius 3 is 1.62 bits per heavy atom. The monoisotopic (exact) mass is 1410 g/mol. The van der Waals surface area contributed by atoms with Crippen molar-refractivity contribution in [2.24, 2.45) is 0 Å². The Balaban J connectivity index is 0.928. The number of hydrogen-bond donors (Lipinski definition) is 3. The summed E-state index contributed by atoms with van der Waals surface area (Å²) in [5, 5.41) is 11.1. The third-order valence-corrected chi connectivity index (χ3v) is 19.6. The molecule has 7 aromatic rings. The fraction of sp³-hybridized carbons (Fsp3) is 0.435. The van der Waals surface area contributed by atoms with Crippen LogP contribution in [0.1, 0.15) is 90.9 Å². The molecule has 0 bridgehead atoms. The predicted molar refractivity (Wildman–Crippen MR) is 381 cm³/mol. The number of anilines is 2. The van der Waals surface area contributed by atoms with Crippen molar-refractivity contribution in [2.75, 3.05) is 162 Å². The predicted octanol–water partition coefficient (Wildman–Crippen LogP) is 10.6. The van der Waals surface area contributed by atoms with Gasteiger partial charge in [0.15, 0.2) is 0 Å². The average molecular weight is 1410 g/mol. The Kier molecular flexibility index (Phi) is 28.4. The highest BCUT2D eigenvalue weighted by molar-refractivity contribution is 7.99. The first-order chi connectivity index (χ1) is 47.3. The highest BCUT2D eigenvalue weighted by Crippen LogP contribution is 2.46. The Morgan fingerprint density at radius 2 is 1.06 bits per heavy atom. The lowest BCUT2D eigenvalue weighted by Gasteiger charge is -2.31. The van der Waals surface area contributed by atoms with Crippen LogP contribution in [0.4, 0.5) is 29.7 Å². The minimum atomic E-state index is -0.988. The summed E-state index contributed by atoms with van der Waals surface area (Å²) in [6.45, 7) is 12.2. The zero-order valence-corrected chi connectivity index (χ0v) is 58.3. The van der Waals surface area contributed by atoms with Gasteiger partial charge in [0.05, 0.1) is 55.6 Å². The lowest BCUT2D eigenvalue weighted by Crippen LogP contribution is -2.44.